The van der Waals surface area contributed by atoms with Gasteiger partial charge in [-0.25, -0.2) is 4.98 Å². The van der Waals surface area contributed by atoms with Crippen LogP contribution in [0.25, 0.3) is 0 Å². The van der Waals surface area contributed by atoms with Crippen molar-refractivity contribution in [2.24, 2.45) is 0 Å². The predicted molar refractivity (Wildman–Crippen MR) is 79.9 cm³/mol. The highest BCUT2D eigenvalue weighted by Crippen LogP contribution is 2.33. The fourth-order valence-electron chi connectivity index (χ4n) is 1.52. The van der Waals surface area contributed by atoms with E-state index >= 15 is 0 Å². The lowest BCUT2D eigenvalue weighted by Crippen LogP contribution is -2.00. The smallest absolute Gasteiger partial charge is 0.312 e. The van der Waals surface area contributed by atoms with E-state index in [0.717, 1.165) is 0 Å². The van der Waals surface area contributed by atoms with E-state index in [0.29, 0.717) is 20.9 Å². The molecule has 0 saturated carbocycles. The number of ether oxygens (including phenoxy) is 1. The van der Waals surface area contributed by atoms with Gasteiger partial charge in [-0.05, 0) is 28.1 Å². The summed E-state index contributed by atoms with van der Waals surface area (Å²) in [7, 11) is 1.52. The van der Waals surface area contributed by atoms with Crippen molar-refractivity contribution >= 4 is 44.7 Å². The number of aromatic nitrogens is 1. The Morgan fingerprint density at radius 2 is 2.20 bits per heavy atom. The Morgan fingerprint density at radius 3 is 2.85 bits per heavy atom. The van der Waals surface area contributed by atoms with Crippen LogP contribution in [0.4, 0.5) is 17.2 Å². The first-order valence-electron chi connectivity index (χ1n) is 5.41. The molecule has 1 aromatic carbocycles. The average molecular weight is 359 g/mol. The molecular weight excluding hydrogens is 350 g/mol. The van der Waals surface area contributed by atoms with E-state index in [-0.39, 0.29) is 11.5 Å². The minimum absolute atomic E-state index is 0.105. The molecule has 2 aromatic rings. The molecule has 0 unspecified atom stereocenters. The first-order chi connectivity index (χ1) is 9.51. The Kier molecular flexibility index (Phi) is 4.41. The molecule has 0 radical (unpaired) electrons. The minimum Gasteiger partial charge on any atom is -0.497 e. The van der Waals surface area contributed by atoms with Crippen LogP contribution in [-0.4, -0.2) is 17.0 Å². The molecule has 1 aromatic heterocycles. The summed E-state index contributed by atoms with van der Waals surface area (Å²) in [5.74, 6) is 0.685. The fraction of sp³-hybridized carbons (Fsp3) is 0.0833. The molecule has 0 saturated heterocycles. The van der Waals surface area contributed by atoms with Gasteiger partial charge in [-0.2, -0.15) is 0 Å². The predicted octanol–water partition coefficient (Wildman–Crippen LogP) is 4.16. The summed E-state index contributed by atoms with van der Waals surface area (Å²) in [6.07, 6.45) is 1.46. The molecular formula is C12H9BrClN3O3. The second-order valence-corrected chi connectivity index (χ2v) is 5.07. The number of anilines is 2. The number of halogens is 2. The van der Waals surface area contributed by atoms with Gasteiger partial charge in [0.15, 0.2) is 0 Å². The largest absolute Gasteiger partial charge is 0.497 e. The van der Waals surface area contributed by atoms with E-state index in [1.165, 1.54) is 19.4 Å². The van der Waals surface area contributed by atoms with Crippen molar-refractivity contribution in [2.45, 2.75) is 0 Å². The van der Waals surface area contributed by atoms with Crippen LogP contribution in [-0.2, 0) is 0 Å². The Balaban J connectivity index is 2.42. The summed E-state index contributed by atoms with van der Waals surface area (Å²) >= 11 is 9.19. The highest BCUT2D eigenvalue weighted by molar-refractivity contribution is 9.10. The molecule has 0 fully saturated rings. The Hall–Kier alpha value is -1.86. The summed E-state index contributed by atoms with van der Waals surface area (Å²) in [4.78, 5) is 14.5. The second-order valence-electron chi connectivity index (χ2n) is 3.75. The van der Waals surface area contributed by atoms with Gasteiger partial charge < -0.3 is 10.1 Å². The topological polar surface area (TPSA) is 77.3 Å². The Bertz CT molecular complexity index is 666. The van der Waals surface area contributed by atoms with Gasteiger partial charge in [0.25, 0.3) is 0 Å². The molecule has 0 aliphatic carbocycles. The van der Waals surface area contributed by atoms with Crippen LogP contribution in [0.5, 0.6) is 5.75 Å². The minimum atomic E-state index is -0.520. The summed E-state index contributed by atoms with van der Waals surface area (Å²) in [5.41, 5.74) is 0.321. The zero-order valence-electron chi connectivity index (χ0n) is 10.3. The lowest BCUT2D eigenvalue weighted by molar-refractivity contribution is -0.384. The van der Waals surface area contributed by atoms with E-state index in [1.807, 2.05) is 0 Å². The highest BCUT2D eigenvalue weighted by atomic mass is 79.9. The van der Waals surface area contributed by atoms with Gasteiger partial charge in [-0.15, -0.1) is 0 Å². The summed E-state index contributed by atoms with van der Waals surface area (Å²) in [5, 5.41) is 14.3. The lowest BCUT2D eigenvalue weighted by Gasteiger charge is -2.09. The van der Waals surface area contributed by atoms with Gasteiger partial charge in [0.05, 0.1) is 22.7 Å². The maximum atomic E-state index is 11.0. The Labute approximate surface area is 128 Å². The molecule has 0 aliphatic rings. The number of pyridine rings is 1. The molecule has 0 spiro atoms. The summed E-state index contributed by atoms with van der Waals surface area (Å²) < 4.78 is 5.60. The molecule has 104 valence electrons. The third-order valence-corrected chi connectivity index (χ3v) is 3.22. The molecule has 1 N–H and O–H groups in total. The van der Waals surface area contributed by atoms with Crippen molar-refractivity contribution < 1.29 is 9.66 Å². The number of benzene rings is 1. The van der Waals surface area contributed by atoms with E-state index in [4.69, 9.17) is 16.3 Å². The first-order valence-corrected chi connectivity index (χ1v) is 6.59. The zero-order chi connectivity index (χ0) is 14.7. The molecule has 20 heavy (non-hydrogen) atoms. The molecule has 6 nitrogen and oxygen atoms in total. The SMILES string of the molecule is COc1ccc(Cl)c(Nc2ncc(Br)cc2[N+](=O)[O-])c1. The molecule has 0 amide bonds. The van der Waals surface area contributed by atoms with Crippen molar-refractivity contribution in [2.75, 3.05) is 12.4 Å². The van der Waals surface area contributed by atoms with Gasteiger partial charge in [0.1, 0.15) is 5.75 Å². The van der Waals surface area contributed by atoms with Crippen molar-refractivity contribution in [3.8, 4) is 5.75 Å². The maximum absolute atomic E-state index is 11.0. The number of nitro groups is 1. The monoisotopic (exact) mass is 357 g/mol. The second kappa shape index (κ2) is 6.06. The van der Waals surface area contributed by atoms with Crippen LogP contribution < -0.4 is 10.1 Å². The summed E-state index contributed by atoms with van der Waals surface area (Å²) in [6, 6.07) is 6.32. The molecule has 1 heterocycles. The van der Waals surface area contributed by atoms with Gasteiger partial charge in [-0.3, -0.25) is 10.1 Å². The highest BCUT2D eigenvalue weighted by Gasteiger charge is 2.17. The molecule has 8 heteroatoms. The standard InChI is InChI=1S/C12H9BrClN3O3/c1-20-8-2-3-9(14)10(5-8)16-12-11(17(18)19)4-7(13)6-15-12/h2-6H,1H3,(H,15,16). The molecule has 2 rings (SSSR count). The van der Waals surface area contributed by atoms with Crippen LogP contribution in [0.2, 0.25) is 5.02 Å². The third kappa shape index (κ3) is 3.17. The van der Waals surface area contributed by atoms with Crippen LogP contribution >= 0.6 is 27.5 Å². The quantitative estimate of drug-likeness (QED) is 0.656. The van der Waals surface area contributed by atoms with E-state index in [9.17, 15) is 10.1 Å². The Morgan fingerprint density at radius 1 is 1.45 bits per heavy atom. The summed E-state index contributed by atoms with van der Waals surface area (Å²) in [6.45, 7) is 0. The van der Waals surface area contributed by atoms with Crippen LogP contribution in [0.15, 0.2) is 34.9 Å². The fourth-order valence-corrected chi connectivity index (χ4v) is 2.00. The van der Waals surface area contributed by atoms with Gasteiger partial charge >= 0.3 is 5.69 Å². The molecule has 0 aliphatic heterocycles. The van der Waals surface area contributed by atoms with Gasteiger partial charge in [-0.1, -0.05) is 11.6 Å². The van der Waals surface area contributed by atoms with Crippen LogP contribution in [0, 0.1) is 10.1 Å². The van der Waals surface area contributed by atoms with Crippen molar-refractivity contribution in [1.29, 1.82) is 0 Å². The number of nitrogens with one attached hydrogen (secondary N) is 1. The average Bonchev–Trinajstić information content (AvgIpc) is 2.42. The first kappa shape index (κ1) is 14.5. The molecule has 0 bridgehead atoms. The van der Waals surface area contributed by atoms with E-state index in [1.54, 1.807) is 18.2 Å². The number of rotatable bonds is 4. The normalized spacial score (nSPS) is 10.2. The lowest BCUT2D eigenvalue weighted by atomic mass is 10.3. The van der Waals surface area contributed by atoms with E-state index < -0.39 is 4.92 Å². The van der Waals surface area contributed by atoms with E-state index in [2.05, 4.69) is 26.2 Å². The maximum Gasteiger partial charge on any atom is 0.312 e. The van der Waals surface area contributed by atoms with Gasteiger partial charge in [0, 0.05) is 22.8 Å². The third-order valence-electron chi connectivity index (χ3n) is 2.46. The number of hydrogen-bond donors (Lipinski definition) is 1. The zero-order valence-corrected chi connectivity index (χ0v) is 12.6. The van der Waals surface area contributed by atoms with Crippen molar-refractivity contribution in [1.82, 2.24) is 4.98 Å². The van der Waals surface area contributed by atoms with Crippen molar-refractivity contribution in [3.05, 3.63) is 50.1 Å². The van der Waals surface area contributed by atoms with Crippen molar-refractivity contribution in [3.63, 3.8) is 0 Å². The number of hydrogen-bond acceptors (Lipinski definition) is 5. The molecule has 0 atom stereocenters. The van der Waals surface area contributed by atoms with Crippen LogP contribution in [0.1, 0.15) is 0 Å². The van der Waals surface area contributed by atoms with Crippen LogP contribution in [0.3, 0.4) is 0 Å². The number of methoxy groups -OCH3 is 1. The number of nitrogens with zero attached hydrogens (tertiary/aromatic N) is 2. The van der Waals surface area contributed by atoms with Gasteiger partial charge in [0.2, 0.25) is 5.82 Å².